The molecule has 1 aromatic rings. The molecule has 1 N–H and O–H groups in total. The fraction of sp³-hybridized carbons (Fsp3) is 0.556. The molecule has 0 aromatic heterocycles. The smallest absolute Gasteiger partial charge is 0.438 e. The summed E-state index contributed by atoms with van der Waals surface area (Å²) in [6.45, 7) is 0. The van der Waals surface area contributed by atoms with Crippen LogP contribution in [0.4, 0.5) is 21.9 Å². The number of rotatable bonds is 5. The summed E-state index contributed by atoms with van der Waals surface area (Å²) >= 11 is 0. The number of hydrazone groups is 1. The van der Waals surface area contributed by atoms with Crippen LogP contribution in [0.15, 0.2) is 23.3 Å². The van der Waals surface area contributed by atoms with E-state index in [2.05, 4.69) is 15.3 Å². The van der Waals surface area contributed by atoms with Gasteiger partial charge in [0.25, 0.3) is 5.69 Å². The van der Waals surface area contributed by atoms with Crippen LogP contribution in [0, 0.1) is 32.1 Å². The summed E-state index contributed by atoms with van der Waals surface area (Å²) in [6, 6.07) is 3.39. The summed E-state index contributed by atoms with van der Waals surface area (Å²) in [5.74, 6) is 0.237. The summed E-state index contributed by atoms with van der Waals surface area (Å²) in [6.07, 6.45) is 4.12. The largest absolute Gasteiger partial charge is 0.508 e. The van der Waals surface area contributed by atoms with E-state index in [1.807, 2.05) is 0 Å². The van der Waals surface area contributed by atoms with Gasteiger partial charge in [0, 0.05) is 23.6 Å². The van der Waals surface area contributed by atoms with Gasteiger partial charge in [0.05, 0.1) is 23.0 Å². The van der Waals surface area contributed by atoms with Gasteiger partial charge in [-0.1, -0.05) is 12.8 Å². The van der Waals surface area contributed by atoms with Crippen molar-refractivity contribution in [3.8, 4) is 0 Å². The molecule has 0 unspecified atom stereocenters. The molecule has 2 fully saturated rings. The number of nitrogens with one attached hydrogen (secondary N) is 1. The normalized spacial score (nSPS) is 25.0. The fourth-order valence-electron chi connectivity index (χ4n) is 4.18. The summed E-state index contributed by atoms with van der Waals surface area (Å²) < 4.78 is 10.0. The molecule has 0 heterocycles. The second-order valence-electron chi connectivity index (χ2n) is 7.13. The SMILES string of the molecule is COC(=O)O[C@@H]1CC/C(=N\Nc2ccc([N+](=O)[O-])cc2[N+](=O)[O-])[C@H]2CCCC[C@@H]21. The van der Waals surface area contributed by atoms with Crippen molar-refractivity contribution in [1.82, 2.24) is 0 Å². The molecule has 0 bridgehead atoms. The van der Waals surface area contributed by atoms with Crippen LogP contribution in [0.5, 0.6) is 0 Å². The Morgan fingerprint density at radius 1 is 1.17 bits per heavy atom. The van der Waals surface area contributed by atoms with Gasteiger partial charge in [0.15, 0.2) is 0 Å². The lowest BCUT2D eigenvalue weighted by molar-refractivity contribution is -0.393. The highest BCUT2D eigenvalue weighted by Crippen LogP contribution is 2.41. The number of nitrogens with zero attached hydrogens (tertiary/aromatic N) is 3. The monoisotopic (exact) mass is 406 g/mol. The van der Waals surface area contributed by atoms with Crippen LogP contribution < -0.4 is 5.43 Å². The molecule has 1 aromatic carbocycles. The van der Waals surface area contributed by atoms with Gasteiger partial charge >= 0.3 is 11.8 Å². The van der Waals surface area contributed by atoms with Crippen LogP contribution in [-0.4, -0.2) is 34.9 Å². The number of carbonyl (C=O) groups excluding carboxylic acids is 1. The molecule has 11 heteroatoms. The minimum absolute atomic E-state index is 0.0911. The molecule has 2 saturated carbocycles. The van der Waals surface area contributed by atoms with E-state index in [1.165, 1.54) is 19.2 Å². The van der Waals surface area contributed by atoms with E-state index < -0.39 is 21.7 Å². The predicted octanol–water partition coefficient (Wildman–Crippen LogP) is 4.02. The lowest BCUT2D eigenvalue weighted by Crippen LogP contribution is -2.42. The van der Waals surface area contributed by atoms with Crippen molar-refractivity contribution in [1.29, 1.82) is 0 Å². The van der Waals surface area contributed by atoms with E-state index in [0.717, 1.165) is 37.5 Å². The van der Waals surface area contributed by atoms with Gasteiger partial charge in [-0.15, -0.1) is 0 Å². The second kappa shape index (κ2) is 8.84. The molecule has 11 nitrogen and oxygen atoms in total. The number of anilines is 1. The van der Waals surface area contributed by atoms with E-state index >= 15 is 0 Å². The quantitative estimate of drug-likeness (QED) is 0.438. The number of nitro groups is 2. The second-order valence-corrected chi connectivity index (χ2v) is 7.13. The average Bonchev–Trinajstić information content (AvgIpc) is 2.72. The van der Waals surface area contributed by atoms with Crippen LogP contribution in [0.2, 0.25) is 0 Å². The summed E-state index contributed by atoms with van der Waals surface area (Å²) in [7, 11) is 1.28. The molecule has 3 atom stereocenters. The molecule has 0 amide bonds. The van der Waals surface area contributed by atoms with Crippen molar-refractivity contribution in [3.63, 3.8) is 0 Å². The number of non-ortho nitro benzene ring substituents is 1. The molecule has 29 heavy (non-hydrogen) atoms. The minimum Gasteiger partial charge on any atom is -0.438 e. The number of fused-ring (bicyclic) bond motifs is 1. The maximum Gasteiger partial charge on any atom is 0.508 e. The highest BCUT2D eigenvalue weighted by molar-refractivity contribution is 5.89. The molecule has 0 radical (unpaired) electrons. The third kappa shape index (κ3) is 4.61. The van der Waals surface area contributed by atoms with Gasteiger partial charge < -0.3 is 9.47 Å². The first kappa shape index (κ1) is 20.5. The topological polar surface area (TPSA) is 146 Å². The molecule has 3 rings (SSSR count). The van der Waals surface area contributed by atoms with Crippen molar-refractivity contribution in [2.75, 3.05) is 12.5 Å². The standard InChI is InChI=1S/C18H22N4O7/c1-28-18(23)29-17-9-8-14(12-4-2-3-5-13(12)17)19-20-15-7-6-11(21(24)25)10-16(15)22(26)27/h6-7,10,12-13,17,20H,2-5,8-9H2,1H3/b19-14+/t12-,13-,17+/m0/s1. The maximum atomic E-state index is 11.5. The first-order valence-corrected chi connectivity index (χ1v) is 9.40. The molecule has 2 aliphatic carbocycles. The van der Waals surface area contributed by atoms with E-state index in [9.17, 15) is 25.0 Å². The van der Waals surface area contributed by atoms with E-state index in [4.69, 9.17) is 4.74 Å². The third-order valence-corrected chi connectivity index (χ3v) is 5.53. The van der Waals surface area contributed by atoms with Gasteiger partial charge in [-0.2, -0.15) is 5.10 Å². The molecule has 156 valence electrons. The van der Waals surface area contributed by atoms with Crippen molar-refractivity contribution in [2.24, 2.45) is 16.9 Å². The molecule has 0 spiro atoms. The van der Waals surface area contributed by atoms with Gasteiger partial charge in [-0.05, 0) is 31.7 Å². The highest BCUT2D eigenvalue weighted by atomic mass is 16.7. The number of ether oxygens (including phenoxy) is 2. The number of nitro benzene ring substituents is 2. The number of carbonyl (C=O) groups is 1. The predicted molar refractivity (Wildman–Crippen MR) is 103 cm³/mol. The van der Waals surface area contributed by atoms with Gasteiger partial charge in [0.1, 0.15) is 11.8 Å². The first-order valence-electron chi connectivity index (χ1n) is 9.40. The van der Waals surface area contributed by atoms with Crippen LogP contribution in [0.3, 0.4) is 0 Å². The molecular weight excluding hydrogens is 384 g/mol. The fourth-order valence-corrected chi connectivity index (χ4v) is 4.18. The van der Waals surface area contributed by atoms with Crippen LogP contribution in [-0.2, 0) is 9.47 Å². The van der Waals surface area contributed by atoms with Crippen molar-refractivity contribution >= 4 is 28.9 Å². The Bertz CT molecular complexity index is 841. The minimum atomic E-state index is -0.695. The summed E-state index contributed by atoms with van der Waals surface area (Å²) in [5.41, 5.74) is 2.91. The number of hydrogen-bond donors (Lipinski definition) is 1. The molecule has 0 saturated heterocycles. The molecule has 2 aliphatic rings. The zero-order chi connectivity index (χ0) is 21.0. The van der Waals surface area contributed by atoms with Gasteiger partial charge in [0.2, 0.25) is 0 Å². The first-order chi connectivity index (χ1) is 13.9. The third-order valence-electron chi connectivity index (χ3n) is 5.53. The number of hydrogen-bond acceptors (Lipinski definition) is 9. The van der Waals surface area contributed by atoms with Crippen LogP contribution >= 0.6 is 0 Å². The average molecular weight is 406 g/mol. The lowest BCUT2D eigenvalue weighted by atomic mass is 9.68. The Balaban J connectivity index is 1.79. The Morgan fingerprint density at radius 3 is 2.62 bits per heavy atom. The van der Waals surface area contributed by atoms with E-state index in [-0.39, 0.29) is 29.3 Å². The van der Waals surface area contributed by atoms with Crippen molar-refractivity contribution < 1.29 is 24.1 Å². The zero-order valence-corrected chi connectivity index (χ0v) is 15.9. The Kier molecular flexibility index (Phi) is 6.25. The van der Waals surface area contributed by atoms with Crippen molar-refractivity contribution in [3.05, 3.63) is 38.4 Å². The summed E-state index contributed by atoms with van der Waals surface area (Å²) in [5, 5.41) is 26.6. The number of methoxy groups -OCH3 is 1. The lowest BCUT2D eigenvalue weighted by Gasteiger charge is -2.41. The summed E-state index contributed by atoms with van der Waals surface area (Å²) in [4.78, 5) is 32.3. The van der Waals surface area contributed by atoms with E-state index in [0.29, 0.717) is 12.8 Å². The molecule has 0 aliphatic heterocycles. The zero-order valence-electron chi connectivity index (χ0n) is 15.9. The van der Waals surface area contributed by atoms with Gasteiger partial charge in [-0.25, -0.2) is 4.79 Å². The van der Waals surface area contributed by atoms with E-state index in [1.54, 1.807) is 0 Å². The maximum absolute atomic E-state index is 11.5. The van der Waals surface area contributed by atoms with Gasteiger partial charge in [-0.3, -0.25) is 25.7 Å². The molecular formula is C18H22N4O7. The van der Waals surface area contributed by atoms with Crippen molar-refractivity contribution in [2.45, 2.75) is 44.6 Å². The number of benzene rings is 1. The van der Waals surface area contributed by atoms with Crippen LogP contribution in [0.25, 0.3) is 0 Å². The Labute approximate surface area is 166 Å². The van der Waals surface area contributed by atoms with Crippen LogP contribution in [0.1, 0.15) is 38.5 Å². The highest BCUT2D eigenvalue weighted by Gasteiger charge is 2.41. The Morgan fingerprint density at radius 2 is 1.93 bits per heavy atom. The Hall–Kier alpha value is -3.24.